The van der Waals surface area contributed by atoms with Crippen molar-refractivity contribution in [3.8, 4) is 0 Å². The molecule has 0 saturated heterocycles. The first-order valence-corrected chi connectivity index (χ1v) is 9.62. The maximum absolute atomic E-state index is 12.9. The molecule has 0 unspecified atom stereocenters. The van der Waals surface area contributed by atoms with Crippen molar-refractivity contribution in [1.82, 2.24) is 9.55 Å². The van der Waals surface area contributed by atoms with Crippen LogP contribution in [-0.4, -0.2) is 9.55 Å². The monoisotopic (exact) mass is 356 g/mol. The highest BCUT2D eigenvalue weighted by Crippen LogP contribution is 2.29. The van der Waals surface area contributed by atoms with E-state index in [9.17, 15) is 4.79 Å². The lowest BCUT2D eigenvalue weighted by Crippen LogP contribution is -2.22. The molecule has 3 nitrogen and oxygen atoms in total. The van der Waals surface area contributed by atoms with Crippen molar-refractivity contribution >= 4 is 33.3 Å². The summed E-state index contributed by atoms with van der Waals surface area (Å²) in [6, 6.07) is 8.31. The summed E-state index contributed by atoms with van der Waals surface area (Å²) in [6.45, 7) is 10.4. The highest BCUT2D eigenvalue weighted by molar-refractivity contribution is 7.98. The second-order valence-electron chi connectivity index (χ2n) is 5.78. The minimum absolute atomic E-state index is 0.0361. The number of hydrogen-bond donors (Lipinski definition) is 0. The third kappa shape index (κ3) is 3.06. The van der Waals surface area contributed by atoms with Crippen LogP contribution in [0.2, 0.25) is 0 Å². The van der Waals surface area contributed by atoms with Gasteiger partial charge in [0.05, 0.1) is 5.39 Å². The molecule has 0 aliphatic rings. The van der Waals surface area contributed by atoms with Crippen molar-refractivity contribution in [2.75, 3.05) is 0 Å². The second kappa shape index (κ2) is 6.95. The standard InChI is InChI=1S/C19H20N2OS2/c1-5-10-21-18(22)16-13(3)14(4)24-17(16)20-19(21)23-11-15-9-7-6-8-12(15)2/h5-9H,1,10-11H2,2-4H3. The van der Waals surface area contributed by atoms with E-state index in [1.165, 1.54) is 11.1 Å². The van der Waals surface area contributed by atoms with Crippen LogP contribution in [-0.2, 0) is 12.3 Å². The van der Waals surface area contributed by atoms with Gasteiger partial charge in [-0.2, -0.15) is 0 Å². The molecular weight excluding hydrogens is 336 g/mol. The van der Waals surface area contributed by atoms with Gasteiger partial charge in [-0.15, -0.1) is 17.9 Å². The van der Waals surface area contributed by atoms with Crippen LogP contribution in [0.4, 0.5) is 0 Å². The zero-order valence-corrected chi connectivity index (χ0v) is 15.8. The summed E-state index contributed by atoms with van der Waals surface area (Å²) in [5.74, 6) is 0.797. The van der Waals surface area contributed by atoms with Crippen LogP contribution < -0.4 is 5.56 Å². The first-order valence-electron chi connectivity index (χ1n) is 7.81. The lowest BCUT2D eigenvalue weighted by Gasteiger charge is -2.11. The number of aromatic nitrogens is 2. The molecule has 3 aromatic rings. The zero-order valence-electron chi connectivity index (χ0n) is 14.1. The lowest BCUT2D eigenvalue weighted by atomic mass is 10.1. The first kappa shape index (κ1) is 17.0. The van der Waals surface area contributed by atoms with Crippen LogP contribution >= 0.6 is 23.1 Å². The summed E-state index contributed by atoms with van der Waals surface area (Å²) in [5, 5.41) is 1.51. The maximum Gasteiger partial charge on any atom is 0.263 e. The van der Waals surface area contributed by atoms with Gasteiger partial charge in [0.25, 0.3) is 5.56 Å². The molecule has 0 aliphatic heterocycles. The Labute approximate surface area is 150 Å². The number of nitrogens with zero attached hydrogens (tertiary/aromatic N) is 2. The first-order chi connectivity index (χ1) is 11.5. The average Bonchev–Trinajstić information content (AvgIpc) is 2.84. The van der Waals surface area contributed by atoms with Gasteiger partial charge in [-0.3, -0.25) is 9.36 Å². The maximum atomic E-state index is 12.9. The van der Waals surface area contributed by atoms with E-state index in [-0.39, 0.29) is 5.56 Å². The van der Waals surface area contributed by atoms with E-state index in [1.807, 2.05) is 26.0 Å². The molecule has 0 bridgehead atoms. The van der Waals surface area contributed by atoms with Crippen molar-refractivity contribution < 1.29 is 0 Å². The van der Waals surface area contributed by atoms with Crippen LogP contribution in [0.5, 0.6) is 0 Å². The van der Waals surface area contributed by atoms with Crippen LogP contribution in [0.3, 0.4) is 0 Å². The molecule has 0 aliphatic carbocycles. The molecule has 1 aromatic carbocycles. The van der Waals surface area contributed by atoms with Crippen molar-refractivity contribution in [3.05, 3.63) is 68.8 Å². The molecule has 2 heterocycles. The zero-order chi connectivity index (χ0) is 17.3. The Hall–Kier alpha value is -1.85. The van der Waals surface area contributed by atoms with Gasteiger partial charge < -0.3 is 0 Å². The van der Waals surface area contributed by atoms with Gasteiger partial charge in [0.15, 0.2) is 5.16 Å². The summed E-state index contributed by atoms with van der Waals surface area (Å²) in [6.07, 6.45) is 1.75. The Balaban J connectivity index is 2.06. The predicted octanol–water partition coefficient (Wildman–Crippen LogP) is 4.86. The Morgan fingerprint density at radius 3 is 2.75 bits per heavy atom. The number of thioether (sulfide) groups is 1. The van der Waals surface area contributed by atoms with Gasteiger partial charge in [-0.05, 0) is 37.5 Å². The van der Waals surface area contributed by atoms with Gasteiger partial charge in [0.1, 0.15) is 4.83 Å². The van der Waals surface area contributed by atoms with Crippen LogP contribution in [0.25, 0.3) is 10.2 Å². The number of thiophene rings is 1. The minimum Gasteiger partial charge on any atom is -0.283 e. The predicted molar refractivity (Wildman–Crippen MR) is 104 cm³/mol. The normalized spacial score (nSPS) is 11.1. The van der Waals surface area contributed by atoms with Crippen LogP contribution in [0, 0.1) is 20.8 Å². The van der Waals surface area contributed by atoms with Gasteiger partial charge in [-0.1, -0.05) is 42.1 Å². The number of allylic oxidation sites excluding steroid dienone is 1. The fourth-order valence-corrected chi connectivity index (χ4v) is 4.78. The molecule has 2 aromatic heterocycles. The fraction of sp³-hybridized carbons (Fsp3) is 0.263. The molecule has 0 saturated carbocycles. The van der Waals surface area contributed by atoms with Crippen LogP contribution in [0.1, 0.15) is 21.6 Å². The number of fused-ring (bicyclic) bond motifs is 1. The van der Waals surface area contributed by atoms with E-state index in [1.54, 1.807) is 33.7 Å². The second-order valence-corrected chi connectivity index (χ2v) is 7.92. The van der Waals surface area contributed by atoms with E-state index in [2.05, 4.69) is 25.6 Å². The molecule has 124 valence electrons. The molecule has 0 amide bonds. The van der Waals surface area contributed by atoms with Crippen molar-refractivity contribution in [1.29, 1.82) is 0 Å². The number of benzene rings is 1. The van der Waals surface area contributed by atoms with E-state index in [0.29, 0.717) is 6.54 Å². The SMILES string of the molecule is C=CCn1c(SCc2ccccc2C)nc2sc(C)c(C)c2c1=O. The highest BCUT2D eigenvalue weighted by atomic mass is 32.2. The smallest absolute Gasteiger partial charge is 0.263 e. The van der Waals surface area contributed by atoms with E-state index >= 15 is 0 Å². The average molecular weight is 357 g/mol. The van der Waals surface area contributed by atoms with Gasteiger partial charge >= 0.3 is 0 Å². The molecular formula is C19H20N2OS2. The summed E-state index contributed by atoms with van der Waals surface area (Å²) in [7, 11) is 0. The Morgan fingerprint density at radius 1 is 1.29 bits per heavy atom. The van der Waals surface area contributed by atoms with Crippen molar-refractivity contribution in [2.45, 2.75) is 38.2 Å². The summed E-state index contributed by atoms with van der Waals surface area (Å²) >= 11 is 3.20. The molecule has 0 spiro atoms. The molecule has 5 heteroatoms. The van der Waals surface area contributed by atoms with E-state index in [4.69, 9.17) is 4.98 Å². The third-order valence-electron chi connectivity index (χ3n) is 4.18. The Bertz CT molecular complexity index is 969. The highest BCUT2D eigenvalue weighted by Gasteiger charge is 2.16. The van der Waals surface area contributed by atoms with E-state index in [0.717, 1.165) is 31.6 Å². The number of hydrogen-bond acceptors (Lipinski definition) is 4. The van der Waals surface area contributed by atoms with Gasteiger partial charge in [0, 0.05) is 17.2 Å². The Morgan fingerprint density at radius 2 is 2.04 bits per heavy atom. The Kier molecular flexibility index (Phi) is 4.92. The molecule has 0 N–H and O–H groups in total. The fourth-order valence-electron chi connectivity index (χ4n) is 2.62. The van der Waals surface area contributed by atoms with E-state index < -0.39 is 0 Å². The molecule has 0 fully saturated rings. The molecule has 0 radical (unpaired) electrons. The molecule has 24 heavy (non-hydrogen) atoms. The van der Waals surface area contributed by atoms with Crippen molar-refractivity contribution in [2.24, 2.45) is 0 Å². The quantitative estimate of drug-likeness (QED) is 0.372. The van der Waals surface area contributed by atoms with Gasteiger partial charge in [-0.25, -0.2) is 4.98 Å². The topological polar surface area (TPSA) is 34.9 Å². The molecule has 3 rings (SSSR count). The third-order valence-corrected chi connectivity index (χ3v) is 6.31. The van der Waals surface area contributed by atoms with Gasteiger partial charge in [0.2, 0.25) is 0 Å². The number of rotatable bonds is 5. The lowest BCUT2D eigenvalue weighted by molar-refractivity contribution is 0.672. The summed E-state index contributed by atoms with van der Waals surface area (Å²) in [5.41, 5.74) is 3.60. The van der Waals surface area contributed by atoms with Crippen molar-refractivity contribution in [3.63, 3.8) is 0 Å². The summed E-state index contributed by atoms with van der Waals surface area (Å²) < 4.78 is 1.73. The largest absolute Gasteiger partial charge is 0.283 e. The molecule has 0 atom stereocenters. The number of aryl methyl sites for hydroxylation is 3. The summed E-state index contributed by atoms with van der Waals surface area (Å²) in [4.78, 5) is 19.7. The van der Waals surface area contributed by atoms with Crippen LogP contribution in [0.15, 0.2) is 46.9 Å². The minimum atomic E-state index is 0.0361.